The van der Waals surface area contributed by atoms with Gasteiger partial charge in [0.15, 0.2) is 0 Å². The predicted octanol–water partition coefficient (Wildman–Crippen LogP) is 3.24. The van der Waals surface area contributed by atoms with Crippen molar-refractivity contribution in [1.29, 1.82) is 10.7 Å². The summed E-state index contributed by atoms with van der Waals surface area (Å²) in [6.07, 6.45) is 12.5. The van der Waals surface area contributed by atoms with Crippen LogP contribution in [-0.2, 0) is 0 Å². The molecule has 0 aromatic heterocycles. The first-order chi connectivity index (χ1) is 9.83. The third-order valence-corrected chi connectivity index (χ3v) is 2.65. The highest BCUT2D eigenvalue weighted by atomic mass is 16.5. The maximum Gasteiger partial charge on any atom is 0.206 e. The summed E-state index contributed by atoms with van der Waals surface area (Å²) in [6, 6.07) is 8.83. The van der Waals surface area contributed by atoms with E-state index in [1.54, 1.807) is 24.3 Å². The minimum Gasteiger partial charge on any atom is -0.442 e. The fourth-order valence-electron chi connectivity index (χ4n) is 1.69. The Bertz CT molecular complexity index is 615. The third kappa shape index (κ3) is 3.53. The van der Waals surface area contributed by atoms with Crippen molar-refractivity contribution < 1.29 is 4.74 Å². The van der Waals surface area contributed by atoms with Crippen LogP contribution in [0.25, 0.3) is 0 Å². The fourth-order valence-corrected chi connectivity index (χ4v) is 1.69. The van der Waals surface area contributed by atoms with Gasteiger partial charge >= 0.3 is 0 Å². The lowest BCUT2D eigenvalue weighted by molar-refractivity contribution is 0.527. The average molecular weight is 263 g/mol. The van der Waals surface area contributed by atoms with Crippen LogP contribution in [-0.4, -0.2) is 12.2 Å². The van der Waals surface area contributed by atoms with Crippen molar-refractivity contribution in [2.45, 2.75) is 0 Å². The molecule has 4 nitrogen and oxygen atoms in total. The molecule has 4 heteroatoms. The van der Waals surface area contributed by atoms with Gasteiger partial charge in [-0.3, -0.25) is 5.41 Å². The van der Waals surface area contributed by atoms with Crippen LogP contribution >= 0.6 is 0 Å². The van der Waals surface area contributed by atoms with Crippen LogP contribution in [0.3, 0.4) is 0 Å². The fraction of sp³-hybridized carbons (Fsp3) is 0.0625. The van der Waals surface area contributed by atoms with Crippen molar-refractivity contribution in [1.82, 2.24) is 0 Å². The molecule has 0 aliphatic heterocycles. The molecule has 1 aliphatic carbocycles. The number of hydrogen-bond acceptors (Lipinski definition) is 3. The molecule has 1 aromatic rings. The Labute approximate surface area is 117 Å². The Morgan fingerprint density at radius 2 is 1.80 bits per heavy atom. The molecule has 0 atom stereocenters. The zero-order valence-corrected chi connectivity index (χ0v) is 10.7. The molecule has 2 rings (SSSR count). The van der Waals surface area contributed by atoms with Crippen LogP contribution in [0.4, 0.5) is 0 Å². The van der Waals surface area contributed by atoms with E-state index in [2.05, 4.69) is 11.1 Å². The van der Waals surface area contributed by atoms with Crippen LogP contribution in [0.15, 0.2) is 65.7 Å². The molecule has 0 bridgehead atoms. The summed E-state index contributed by atoms with van der Waals surface area (Å²) in [7, 11) is 0. The molecule has 0 radical (unpaired) electrons. The van der Waals surface area contributed by atoms with Gasteiger partial charge < -0.3 is 4.74 Å². The molecule has 98 valence electrons. The first-order valence-corrected chi connectivity index (χ1v) is 6.10. The summed E-state index contributed by atoms with van der Waals surface area (Å²) >= 11 is 0. The lowest BCUT2D eigenvalue weighted by Crippen LogP contribution is -2.18. The van der Waals surface area contributed by atoms with Crippen molar-refractivity contribution in [2.24, 2.45) is 10.9 Å². The minimum absolute atomic E-state index is 0.123. The highest BCUT2D eigenvalue weighted by molar-refractivity contribution is 5.89. The Hall–Kier alpha value is -2.93. The van der Waals surface area contributed by atoms with Crippen molar-refractivity contribution in [2.75, 3.05) is 0 Å². The first kappa shape index (κ1) is 13.5. The van der Waals surface area contributed by atoms with Crippen molar-refractivity contribution in [3.63, 3.8) is 0 Å². The summed E-state index contributed by atoms with van der Waals surface area (Å²) in [4.78, 5) is 3.97. The zero-order valence-electron chi connectivity index (χ0n) is 10.7. The van der Waals surface area contributed by atoms with Crippen LogP contribution in [0.2, 0.25) is 0 Å². The number of benzene rings is 1. The van der Waals surface area contributed by atoms with Crippen LogP contribution in [0.5, 0.6) is 5.75 Å². The van der Waals surface area contributed by atoms with Gasteiger partial charge in [-0.05, 0) is 24.3 Å². The van der Waals surface area contributed by atoms with E-state index in [4.69, 9.17) is 15.4 Å². The highest BCUT2D eigenvalue weighted by Crippen LogP contribution is 2.16. The van der Waals surface area contributed by atoms with E-state index in [1.165, 1.54) is 0 Å². The van der Waals surface area contributed by atoms with Gasteiger partial charge in [-0.1, -0.05) is 36.5 Å². The van der Waals surface area contributed by atoms with E-state index in [1.807, 2.05) is 36.5 Å². The topological polar surface area (TPSA) is 69.2 Å². The summed E-state index contributed by atoms with van der Waals surface area (Å²) in [5, 5.41) is 15.9. The van der Waals surface area contributed by atoms with Gasteiger partial charge in [-0.25, -0.2) is 4.99 Å². The number of ether oxygens (including phenoxy) is 1. The number of allylic oxidation sites excluding steroid dienone is 4. The van der Waals surface area contributed by atoms with Gasteiger partial charge in [-0.2, -0.15) is 5.26 Å². The summed E-state index contributed by atoms with van der Waals surface area (Å²) in [5.41, 5.74) is 0.571. The van der Waals surface area contributed by atoms with E-state index in [9.17, 15) is 0 Å². The van der Waals surface area contributed by atoms with Crippen molar-refractivity contribution in [3.05, 3.63) is 66.3 Å². The molecule has 20 heavy (non-hydrogen) atoms. The Morgan fingerprint density at radius 3 is 2.35 bits per heavy atom. The Morgan fingerprint density at radius 1 is 1.15 bits per heavy atom. The van der Waals surface area contributed by atoms with Gasteiger partial charge in [0.05, 0.1) is 17.6 Å². The maximum atomic E-state index is 8.76. The zero-order chi connectivity index (χ0) is 14.2. The number of aliphatic imine (C=N–C) groups is 1. The molecule has 0 fully saturated rings. The quantitative estimate of drug-likeness (QED) is 0.671. The van der Waals surface area contributed by atoms with Gasteiger partial charge in [0.2, 0.25) is 5.90 Å². The maximum absolute atomic E-state index is 8.76. The number of rotatable bonds is 3. The Kier molecular flexibility index (Phi) is 4.63. The first-order valence-electron chi connectivity index (χ1n) is 6.10. The van der Waals surface area contributed by atoms with Crippen molar-refractivity contribution in [3.8, 4) is 11.8 Å². The van der Waals surface area contributed by atoms with Gasteiger partial charge in [0.25, 0.3) is 0 Å². The van der Waals surface area contributed by atoms with Gasteiger partial charge in [-0.15, -0.1) is 0 Å². The Balaban J connectivity index is 2.19. The second kappa shape index (κ2) is 6.86. The van der Waals surface area contributed by atoms with Gasteiger partial charge in [0.1, 0.15) is 12.1 Å². The van der Waals surface area contributed by atoms with E-state index in [0.29, 0.717) is 17.2 Å². The second-order valence-electron chi connectivity index (χ2n) is 4.02. The molecule has 0 saturated carbocycles. The van der Waals surface area contributed by atoms with E-state index >= 15 is 0 Å². The average Bonchev–Trinajstić information content (AvgIpc) is 2.76. The molecule has 1 aromatic carbocycles. The molecular weight excluding hydrogens is 250 g/mol. The molecule has 1 N–H and O–H groups in total. The third-order valence-electron chi connectivity index (χ3n) is 2.65. The standard InChI is InChI=1S/C16H13N3O/c17-11-13-7-9-15(10-8-13)20-16(19-12-18)14-5-3-1-2-4-6-14/h1-10,12,14,18H. The van der Waals surface area contributed by atoms with Crippen LogP contribution < -0.4 is 4.74 Å². The molecule has 0 heterocycles. The molecule has 1 aliphatic rings. The molecule has 0 saturated heterocycles. The number of hydrogen-bond donors (Lipinski definition) is 1. The lowest BCUT2D eigenvalue weighted by atomic mass is 10.1. The second-order valence-corrected chi connectivity index (χ2v) is 4.02. The van der Waals surface area contributed by atoms with Crippen molar-refractivity contribution >= 4 is 12.2 Å². The number of nitriles is 1. The lowest BCUT2D eigenvalue weighted by Gasteiger charge is -2.12. The van der Waals surface area contributed by atoms with Crippen LogP contribution in [0.1, 0.15) is 5.56 Å². The summed E-state index contributed by atoms with van der Waals surface area (Å²) < 4.78 is 5.71. The van der Waals surface area contributed by atoms with Crippen LogP contribution in [0, 0.1) is 22.7 Å². The molecular formula is C16H13N3O. The SMILES string of the molecule is N#Cc1ccc(OC(=NC=N)C2C=CC=CC=C2)cc1. The van der Waals surface area contributed by atoms with E-state index in [-0.39, 0.29) is 5.92 Å². The summed E-state index contributed by atoms with van der Waals surface area (Å²) in [5.74, 6) is 0.881. The largest absolute Gasteiger partial charge is 0.442 e. The predicted molar refractivity (Wildman–Crippen MR) is 78.9 cm³/mol. The molecule has 0 amide bonds. The number of nitrogens with zero attached hydrogens (tertiary/aromatic N) is 2. The summed E-state index contributed by atoms with van der Waals surface area (Å²) in [6.45, 7) is 0. The smallest absolute Gasteiger partial charge is 0.206 e. The monoisotopic (exact) mass is 263 g/mol. The molecule has 0 spiro atoms. The van der Waals surface area contributed by atoms with E-state index in [0.717, 1.165) is 6.34 Å². The normalized spacial score (nSPS) is 14.7. The number of nitrogens with one attached hydrogen (secondary N) is 1. The van der Waals surface area contributed by atoms with Gasteiger partial charge in [0, 0.05) is 0 Å². The minimum atomic E-state index is -0.123. The highest BCUT2D eigenvalue weighted by Gasteiger charge is 2.13. The molecule has 0 unspecified atom stereocenters. The van der Waals surface area contributed by atoms with E-state index < -0.39 is 0 Å².